The third-order valence-electron chi connectivity index (χ3n) is 3.52. The normalized spacial score (nSPS) is 17.3. The van der Waals surface area contributed by atoms with Gasteiger partial charge in [-0.05, 0) is 42.4 Å². The maximum Gasteiger partial charge on any atom is 0.307 e. The molecule has 0 saturated heterocycles. The first-order valence-electron chi connectivity index (χ1n) is 6.18. The van der Waals surface area contributed by atoms with Crippen LogP contribution < -0.4 is 4.74 Å². The maximum absolute atomic E-state index is 10.8. The number of carbonyl (C=O) groups is 1. The molecule has 0 amide bonds. The molecule has 1 aromatic rings. The second kappa shape index (κ2) is 4.12. The summed E-state index contributed by atoms with van der Waals surface area (Å²) in [5.41, 5.74) is 3.92. The molecule has 0 bridgehead atoms. The fourth-order valence-corrected chi connectivity index (χ4v) is 2.49. The quantitative estimate of drug-likeness (QED) is 0.884. The standard InChI is InChI=1S/C14H15NO3/c1-18-14-11(8-2-3-8)6-9-4-5-10(7-12(16)17)13(9)15-14/h5-6,8H,2-4,7H2,1H3,(H,16,17). The van der Waals surface area contributed by atoms with Gasteiger partial charge in [-0.3, -0.25) is 4.79 Å². The Hall–Kier alpha value is -1.84. The highest BCUT2D eigenvalue weighted by Crippen LogP contribution is 2.45. The number of carboxylic acid groups (broad SMARTS) is 1. The van der Waals surface area contributed by atoms with Crippen molar-refractivity contribution in [1.29, 1.82) is 0 Å². The van der Waals surface area contributed by atoms with Crippen molar-refractivity contribution in [2.45, 2.75) is 31.6 Å². The van der Waals surface area contributed by atoms with Gasteiger partial charge in [0.2, 0.25) is 5.88 Å². The van der Waals surface area contributed by atoms with E-state index in [1.807, 2.05) is 6.08 Å². The molecule has 4 nitrogen and oxygen atoms in total. The molecule has 1 N–H and O–H groups in total. The Labute approximate surface area is 105 Å². The van der Waals surface area contributed by atoms with E-state index in [1.54, 1.807) is 7.11 Å². The lowest BCUT2D eigenvalue weighted by Crippen LogP contribution is -2.02. The Morgan fingerprint density at radius 2 is 2.33 bits per heavy atom. The highest BCUT2D eigenvalue weighted by Gasteiger charge is 2.30. The highest BCUT2D eigenvalue weighted by molar-refractivity contribution is 5.85. The van der Waals surface area contributed by atoms with Gasteiger partial charge < -0.3 is 9.84 Å². The van der Waals surface area contributed by atoms with Crippen LogP contribution in [0.5, 0.6) is 5.88 Å². The van der Waals surface area contributed by atoms with Crippen LogP contribution in [0, 0.1) is 0 Å². The molecule has 1 heterocycles. The van der Waals surface area contributed by atoms with Crippen LogP contribution in [-0.2, 0) is 11.2 Å². The maximum atomic E-state index is 10.8. The minimum atomic E-state index is -0.818. The molecule has 2 aliphatic carbocycles. The molecule has 0 aliphatic heterocycles. The van der Waals surface area contributed by atoms with Crippen LogP contribution in [0.1, 0.15) is 42.0 Å². The van der Waals surface area contributed by atoms with Gasteiger partial charge in [-0.2, -0.15) is 0 Å². The lowest BCUT2D eigenvalue weighted by Gasteiger charge is -2.11. The van der Waals surface area contributed by atoms with Crippen molar-refractivity contribution < 1.29 is 14.6 Å². The lowest BCUT2D eigenvalue weighted by molar-refractivity contribution is -0.135. The van der Waals surface area contributed by atoms with E-state index in [-0.39, 0.29) is 6.42 Å². The number of hydrogen-bond donors (Lipinski definition) is 1. The fraction of sp³-hybridized carbons (Fsp3) is 0.429. The van der Waals surface area contributed by atoms with E-state index in [2.05, 4.69) is 11.1 Å². The van der Waals surface area contributed by atoms with E-state index in [0.29, 0.717) is 11.8 Å². The Bertz CT molecular complexity index is 544. The molecule has 0 atom stereocenters. The zero-order chi connectivity index (χ0) is 12.7. The second-order valence-electron chi connectivity index (χ2n) is 4.87. The molecule has 4 heteroatoms. The van der Waals surface area contributed by atoms with Crippen LogP contribution in [0.4, 0.5) is 0 Å². The molecule has 1 fully saturated rings. The van der Waals surface area contributed by atoms with Crippen LogP contribution in [0.3, 0.4) is 0 Å². The molecule has 0 spiro atoms. The van der Waals surface area contributed by atoms with Crippen LogP contribution in [0.2, 0.25) is 0 Å². The number of pyridine rings is 1. The number of ether oxygens (including phenoxy) is 1. The largest absolute Gasteiger partial charge is 0.481 e. The zero-order valence-corrected chi connectivity index (χ0v) is 10.3. The third kappa shape index (κ3) is 1.88. The fourth-order valence-electron chi connectivity index (χ4n) is 2.49. The first-order valence-corrected chi connectivity index (χ1v) is 6.18. The predicted molar refractivity (Wildman–Crippen MR) is 66.7 cm³/mol. The van der Waals surface area contributed by atoms with Crippen LogP contribution in [-0.4, -0.2) is 23.2 Å². The zero-order valence-electron chi connectivity index (χ0n) is 10.3. The molecule has 1 aromatic heterocycles. The molecular formula is C14H15NO3. The van der Waals surface area contributed by atoms with Gasteiger partial charge in [0.25, 0.3) is 0 Å². The first kappa shape index (κ1) is 11.3. The number of allylic oxidation sites excluding steroid dienone is 1. The monoisotopic (exact) mass is 245 g/mol. The average molecular weight is 245 g/mol. The number of hydrogen-bond acceptors (Lipinski definition) is 3. The van der Waals surface area contributed by atoms with Crippen LogP contribution >= 0.6 is 0 Å². The number of fused-ring (bicyclic) bond motifs is 1. The summed E-state index contributed by atoms with van der Waals surface area (Å²) >= 11 is 0. The van der Waals surface area contributed by atoms with Gasteiger partial charge >= 0.3 is 5.97 Å². The van der Waals surface area contributed by atoms with E-state index in [1.165, 1.54) is 18.4 Å². The van der Waals surface area contributed by atoms with E-state index < -0.39 is 5.97 Å². The number of rotatable bonds is 4. The number of aliphatic carboxylic acids is 1. The Morgan fingerprint density at radius 1 is 1.56 bits per heavy atom. The van der Waals surface area contributed by atoms with Gasteiger partial charge in [0, 0.05) is 5.56 Å². The van der Waals surface area contributed by atoms with Crippen molar-refractivity contribution in [2.75, 3.05) is 7.11 Å². The van der Waals surface area contributed by atoms with Crippen molar-refractivity contribution in [3.05, 3.63) is 29.0 Å². The molecule has 2 aliphatic rings. The van der Waals surface area contributed by atoms with Crippen molar-refractivity contribution in [3.8, 4) is 5.88 Å². The Morgan fingerprint density at radius 3 is 2.94 bits per heavy atom. The number of nitrogens with zero attached hydrogens (tertiary/aromatic N) is 1. The van der Waals surface area contributed by atoms with E-state index >= 15 is 0 Å². The summed E-state index contributed by atoms with van der Waals surface area (Å²) < 4.78 is 5.34. The van der Waals surface area contributed by atoms with Crippen molar-refractivity contribution in [3.63, 3.8) is 0 Å². The second-order valence-corrected chi connectivity index (χ2v) is 4.87. The van der Waals surface area contributed by atoms with E-state index in [9.17, 15) is 4.79 Å². The van der Waals surface area contributed by atoms with Gasteiger partial charge in [0.05, 0.1) is 19.2 Å². The van der Waals surface area contributed by atoms with Crippen molar-refractivity contribution in [1.82, 2.24) is 4.98 Å². The van der Waals surface area contributed by atoms with E-state index in [4.69, 9.17) is 9.84 Å². The van der Waals surface area contributed by atoms with Crippen LogP contribution in [0.25, 0.3) is 5.57 Å². The van der Waals surface area contributed by atoms with Gasteiger partial charge in [0.15, 0.2) is 0 Å². The van der Waals surface area contributed by atoms with Gasteiger partial charge in [-0.25, -0.2) is 4.98 Å². The SMILES string of the molecule is COc1nc2c(cc1C1CC1)CC=C2CC(=O)O. The molecule has 1 saturated carbocycles. The summed E-state index contributed by atoms with van der Waals surface area (Å²) in [4.78, 5) is 15.3. The molecular weight excluding hydrogens is 230 g/mol. The Balaban J connectivity index is 1.99. The smallest absolute Gasteiger partial charge is 0.307 e. The summed E-state index contributed by atoms with van der Waals surface area (Å²) in [7, 11) is 1.62. The first-order chi connectivity index (χ1) is 8.69. The molecule has 18 heavy (non-hydrogen) atoms. The van der Waals surface area contributed by atoms with Gasteiger partial charge in [-0.15, -0.1) is 0 Å². The van der Waals surface area contributed by atoms with Crippen molar-refractivity contribution >= 4 is 11.5 Å². The average Bonchev–Trinajstić information content (AvgIpc) is 3.12. The molecule has 3 rings (SSSR count). The molecule has 0 aromatic carbocycles. The van der Waals surface area contributed by atoms with Crippen molar-refractivity contribution in [2.24, 2.45) is 0 Å². The van der Waals surface area contributed by atoms with Gasteiger partial charge in [-0.1, -0.05) is 6.08 Å². The Kier molecular flexibility index (Phi) is 2.58. The lowest BCUT2D eigenvalue weighted by atomic mass is 10.1. The van der Waals surface area contributed by atoms with E-state index in [0.717, 1.165) is 23.3 Å². The summed E-state index contributed by atoms with van der Waals surface area (Å²) in [5, 5.41) is 8.88. The number of carboxylic acids is 1. The van der Waals surface area contributed by atoms with Crippen LogP contribution in [0.15, 0.2) is 12.1 Å². The molecule has 0 radical (unpaired) electrons. The number of methoxy groups -OCH3 is 1. The predicted octanol–water partition coefficient (Wildman–Crippen LogP) is 2.38. The summed E-state index contributed by atoms with van der Waals surface area (Å²) in [6.45, 7) is 0. The topological polar surface area (TPSA) is 59.4 Å². The summed E-state index contributed by atoms with van der Waals surface area (Å²) in [6.07, 6.45) is 5.18. The van der Waals surface area contributed by atoms with Gasteiger partial charge in [0.1, 0.15) is 0 Å². The highest BCUT2D eigenvalue weighted by atomic mass is 16.5. The summed E-state index contributed by atoms with van der Waals surface area (Å²) in [6, 6.07) is 2.14. The summed E-state index contributed by atoms with van der Waals surface area (Å²) in [5.74, 6) is 0.428. The molecule has 94 valence electrons. The minimum absolute atomic E-state index is 0.0337. The minimum Gasteiger partial charge on any atom is -0.481 e. The number of aromatic nitrogens is 1. The molecule has 0 unspecified atom stereocenters. The third-order valence-corrected chi connectivity index (χ3v) is 3.52.